The molecule has 1 saturated carbocycles. The van der Waals surface area contributed by atoms with Crippen molar-refractivity contribution >= 4 is 15.9 Å². The predicted octanol–water partition coefficient (Wildman–Crippen LogP) is 2.23. The van der Waals surface area contributed by atoms with E-state index in [1.54, 1.807) is 13.3 Å². The Labute approximate surface area is 98.2 Å². The third-order valence-corrected chi connectivity index (χ3v) is 3.49. The van der Waals surface area contributed by atoms with Gasteiger partial charge in [-0.3, -0.25) is 0 Å². The lowest BCUT2D eigenvalue weighted by molar-refractivity contribution is 0.385. The molecule has 0 atom stereocenters. The van der Waals surface area contributed by atoms with Crippen molar-refractivity contribution in [2.75, 3.05) is 13.7 Å². The van der Waals surface area contributed by atoms with Crippen LogP contribution in [0.1, 0.15) is 24.8 Å². The second-order valence-corrected chi connectivity index (χ2v) is 4.95. The van der Waals surface area contributed by atoms with Crippen LogP contribution in [0.15, 0.2) is 16.7 Å². The van der Waals surface area contributed by atoms with Gasteiger partial charge < -0.3 is 10.5 Å². The van der Waals surface area contributed by atoms with Gasteiger partial charge in [0.2, 0.25) is 5.88 Å². The monoisotopic (exact) mass is 270 g/mol. The molecule has 1 aliphatic carbocycles. The van der Waals surface area contributed by atoms with Gasteiger partial charge in [-0.1, -0.05) is 0 Å². The van der Waals surface area contributed by atoms with E-state index < -0.39 is 0 Å². The van der Waals surface area contributed by atoms with E-state index in [4.69, 9.17) is 10.5 Å². The number of halogens is 1. The lowest BCUT2D eigenvalue weighted by atomic mass is 9.93. The van der Waals surface area contributed by atoms with Crippen molar-refractivity contribution in [3.63, 3.8) is 0 Å². The van der Waals surface area contributed by atoms with E-state index in [0.29, 0.717) is 0 Å². The zero-order valence-electron chi connectivity index (χ0n) is 8.79. The normalized spacial score (nSPS) is 17.5. The molecule has 1 aliphatic rings. The van der Waals surface area contributed by atoms with Crippen molar-refractivity contribution in [3.05, 3.63) is 22.3 Å². The maximum Gasteiger partial charge on any atom is 0.216 e. The molecule has 0 bridgehead atoms. The minimum Gasteiger partial charge on any atom is -0.481 e. The van der Waals surface area contributed by atoms with Gasteiger partial charge >= 0.3 is 0 Å². The Balaban J connectivity index is 2.37. The summed E-state index contributed by atoms with van der Waals surface area (Å²) in [6.07, 6.45) is 5.17. The fraction of sp³-hybridized carbons (Fsp3) is 0.545. The Morgan fingerprint density at radius 2 is 2.33 bits per heavy atom. The number of pyridine rings is 1. The highest BCUT2D eigenvalue weighted by molar-refractivity contribution is 9.10. The van der Waals surface area contributed by atoms with Gasteiger partial charge in [-0.15, -0.1) is 0 Å². The summed E-state index contributed by atoms with van der Waals surface area (Å²) in [5.41, 5.74) is 7.08. The first kappa shape index (κ1) is 10.9. The van der Waals surface area contributed by atoms with Crippen LogP contribution in [0, 0.1) is 0 Å². The Bertz CT molecular complexity index is 364. The largest absolute Gasteiger partial charge is 0.481 e. The molecule has 0 aliphatic heterocycles. The molecule has 0 amide bonds. The van der Waals surface area contributed by atoms with Crippen molar-refractivity contribution in [1.29, 1.82) is 0 Å². The number of aromatic nitrogens is 1. The second-order valence-electron chi connectivity index (χ2n) is 4.03. The van der Waals surface area contributed by atoms with Gasteiger partial charge in [0.1, 0.15) is 0 Å². The zero-order chi connectivity index (χ0) is 10.9. The van der Waals surface area contributed by atoms with Crippen LogP contribution < -0.4 is 10.5 Å². The van der Waals surface area contributed by atoms with E-state index in [0.717, 1.165) is 23.3 Å². The van der Waals surface area contributed by atoms with Crippen LogP contribution in [0.4, 0.5) is 0 Å². The van der Waals surface area contributed by atoms with E-state index in [-0.39, 0.29) is 5.41 Å². The number of hydrogen-bond acceptors (Lipinski definition) is 3. The first-order chi connectivity index (χ1) is 7.22. The third-order valence-electron chi connectivity index (χ3n) is 3.06. The van der Waals surface area contributed by atoms with Gasteiger partial charge in [-0.2, -0.15) is 0 Å². The van der Waals surface area contributed by atoms with E-state index in [1.807, 2.05) is 0 Å². The van der Waals surface area contributed by atoms with Crippen LogP contribution in [-0.2, 0) is 5.41 Å². The average molecular weight is 271 g/mol. The molecule has 0 aromatic carbocycles. The van der Waals surface area contributed by atoms with Crippen molar-refractivity contribution in [3.8, 4) is 5.88 Å². The number of ether oxygens (including phenoxy) is 1. The van der Waals surface area contributed by atoms with Crippen molar-refractivity contribution in [1.82, 2.24) is 4.98 Å². The van der Waals surface area contributed by atoms with Crippen molar-refractivity contribution < 1.29 is 4.74 Å². The Morgan fingerprint density at radius 1 is 1.60 bits per heavy atom. The van der Waals surface area contributed by atoms with E-state index in [1.165, 1.54) is 18.4 Å². The molecule has 1 heterocycles. The van der Waals surface area contributed by atoms with Gasteiger partial charge in [0.25, 0.3) is 0 Å². The molecule has 1 aromatic heterocycles. The number of rotatable bonds is 4. The fourth-order valence-electron chi connectivity index (χ4n) is 2.05. The highest BCUT2D eigenvalue weighted by atomic mass is 79.9. The third kappa shape index (κ3) is 2.01. The van der Waals surface area contributed by atoms with Crippen LogP contribution in [0.2, 0.25) is 0 Å². The Morgan fingerprint density at radius 3 is 2.87 bits per heavy atom. The summed E-state index contributed by atoms with van der Waals surface area (Å²) >= 11 is 3.45. The summed E-state index contributed by atoms with van der Waals surface area (Å²) in [6, 6.07) is 2.11. The van der Waals surface area contributed by atoms with Gasteiger partial charge in [-0.25, -0.2) is 4.98 Å². The molecule has 0 radical (unpaired) electrons. The zero-order valence-corrected chi connectivity index (χ0v) is 10.4. The summed E-state index contributed by atoms with van der Waals surface area (Å²) in [6.45, 7) is 0.718. The van der Waals surface area contributed by atoms with E-state index >= 15 is 0 Å². The standard InChI is InChI=1S/C11H15BrN2O/c1-15-10-9(6-8(12)7-14-10)11(2-3-11)4-5-13/h6-7H,2-5,13H2,1H3. The average Bonchev–Trinajstić information content (AvgIpc) is 2.99. The van der Waals surface area contributed by atoms with E-state index in [2.05, 4.69) is 27.0 Å². The molecule has 0 saturated heterocycles. The summed E-state index contributed by atoms with van der Waals surface area (Å²) in [5.74, 6) is 0.740. The molecule has 82 valence electrons. The molecule has 15 heavy (non-hydrogen) atoms. The Hall–Kier alpha value is -0.610. The fourth-order valence-corrected chi connectivity index (χ4v) is 2.38. The molecule has 1 fully saturated rings. The summed E-state index contributed by atoms with van der Waals surface area (Å²) < 4.78 is 6.30. The first-order valence-electron chi connectivity index (χ1n) is 5.12. The van der Waals surface area contributed by atoms with Crippen LogP contribution in [-0.4, -0.2) is 18.6 Å². The molecule has 1 aromatic rings. The molecule has 3 nitrogen and oxygen atoms in total. The molecule has 4 heteroatoms. The van der Waals surface area contributed by atoms with Crippen LogP contribution >= 0.6 is 15.9 Å². The van der Waals surface area contributed by atoms with Crippen LogP contribution in [0.25, 0.3) is 0 Å². The van der Waals surface area contributed by atoms with Crippen molar-refractivity contribution in [2.45, 2.75) is 24.7 Å². The van der Waals surface area contributed by atoms with E-state index in [9.17, 15) is 0 Å². The second kappa shape index (κ2) is 4.10. The van der Waals surface area contributed by atoms with Gasteiger partial charge in [0.05, 0.1) is 7.11 Å². The Kier molecular flexibility index (Phi) is 2.98. The molecule has 2 rings (SSSR count). The van der Waals surface area contributed by atoms with Crippen molar-refractivity contribution in [2.24, 2.45) is 5.73 Å². The molecule has 0 spiro atoms. The first-order valence-corrected chi connectivity index (χ1v) is 5.91. The maximum atomic E-state index is 5.65. The number of hydrogen-bond donors (Lipinski definition) is 1. The highest BCUT2D eigenvalue weighted by Gasteiger charge is 2.45. The molecule has 0 unspecified atom stereocenters. The minimum absolute atomic E-state index is 0.233. The maximum absolute atomic E-state index is 5.65. The lowest BCUT2D eigenvalue weighted by Crippen LogP contribution is -2.15. The van der Waals surface area contributed by atoms with Crippen LogP contribution in [0.5, 0.6) is 5.88 Å². The quantitative estimate of drug-likeness (QED) is 0.913. The lowest BCUT2D eigenvalue weighted by Gasteiger charge is -2.17. The van der Waals surface area contributed by atoms with Gasteiger partial charge in [0.15, 0.2) is 0 Å². The number of nitrogens with two attached hydrogens (primary N) is 1. The van der Waals surface area contributed by atoms with Gasteiger partial charge in [-0.05, 0) is 47.8 Å². The highest BCUT2D eigenvalue weighted by Crippen LogP contribution is 2.53. The molecular formula is C11H15BrN2O. The minimum atomic E-state index is 0.233. The summed E-state index contributed by atoms with van der Waals surface area (Å²) in [5, 5.41) is 0. The molecular weight excluding hydrogens is 256 g/mol. The topological polar surface area (TPSA) is 48.1 Å². The SMILES string of the molecule is COc1ncc(Br)cc1C1(CCN)CC1. The molecule has 2 N–H and O–H groups in total. The smallest absolute Gasteiger partial charge is 0.216 e. The van der Waals surface area contributed by atoms with Crippen LogP contribution in [0.3, 0.4) is 0 Å². The number of methoxy groups -OCH3 is 1. The summed E-state index contributed by atoms with van der Waals surface area (Å²) in [7, 11) is 1.66. The predicted molar refractivity (Wildman–Crippen MR) is 63.1 cm³/mol. The van der Waals surface area contributed by atoms with Gasteiger partial charge in [0, 0.05) is 21.6 Å². The summed E-state index contributed by atoms with van der Waals surface area (Å²) in [4.78, 5) is 4.28. The number of nitrogens with zero attached hydrogens (tertiary/aromatic N) is 1.